The maximum atomic E-state index is 3.91. The number of hydrogen-bond acceptors (Lipinski definition) is 2. The van der Waals surface area contributed by atoms with Crippen LogP contribution in [-0.2, 0) is 6.54 Å². The van der Waals surface area contributed by atoms with Crippen molar-refractivity contribution in [2.75, 3.05) is 13.1 Å². The smallest absolute Gasteiger partial charge is 0.0309 e. The van der Waals surface area contributed by atoms with Gasteiger partial charge in [-0.1, -0.05) is 38.3 Å². The number of halogens is 1. The highest BCUT2D eigenvalue weighted by molar-refractivity contribution is 14.1. The van der Waals surface area contributed by atoms with E-state index in [2.05, 4.69) is 64.0 Å². The van der Waals surface area contributed by atoms with Crippen molar-refractivity contribution in [3.8, 4) is 0 Å². The van der Waals surface area contributed by atoms with Gasteiger partial charge in [0.15, 0.2) is 0 Å². The zero-order chi connectivity index (χ0) is 14.7. The first-order chi connectivity index (χ1) is 10.2. The summed E-state index contributed by atoms with van der Waals surface area (Å²) in [7, 11) is 0. The van der Waals surface area contributed by atoms with E-state index in [9.17, 15) is 0 Å². The Kier molecular flexibility index (Phi) is 5.23. The van der Waals surface area contributed by atoms with Crippen molar-refractivity contribution >= 4 is 22.6 Å². The third-order valence-electron chi connectivity index (χ3n) is 5.22. The molecular weight excluding hydrogens is 371 g/mol. The number of rotatable bonds is 4. The average Bonchev–Trinajstić information content (AvgIpc) is 2.93. The van der Waals surface area contributed by atoms with Crippen LogP contribution in [0.3, 0.4) is 0 Å². The van der Waals surface area contributed by atoms with Crippen LogP contribution in [0.1, 0.15) is 51.0 Å². The normalized spacial score (nSPS) is 25.5. The molecule has 1 aromatic rings. The topological polar surface area (TPSA) is 15.3 Å². The number of nitrogens with zero attached hydrogens (tertiary/aromatic N) is 1. The SMILES string of the molecule is CCCC1CNC2(CCCC2)CN1Cc1ccc(I)cc1. The minimum Gasteiger partial charge on any atom is -0.308 e. The molecule has 1 aromatic carbocycles. The molecule has 2 aliphatic rings. The second kappa shape index (κ2) is 6.97. The van der Waals surface area contributed by atoms with E-state index in [4.69, 9.17) is 0 Å². The molecule has 0 aromatic heterocycles. The minimum absolute atomic E-state index is 0.424. The van der Waals surface area contributed by atoms with Crippen molar-refractivity contribution in [1.82, 2.24) is 10.2 Å². The lowest BCUT2D eigenvalue weighted by molar-refractivity contribution is 0.0689. The van der Waals surface area contributed by atoms with Gasteiger partial charge in [0.25, 0.3) is 0 Å². The zero-order valence-electron chi connectivity index (χ0n) is 13.1. The summed E-state index contributed by atoms with van der Waals surface area (Å²) < 4.78 is 1.33. The van der Waals surface area contributed by atoms with Gasteiger partial charge in [-0.2, -0.15) is 0 Å². The molecule has 21 heavy (non-hydrogen) atoms. The standard InChI is InChI=1S/C18H27IN2/c1-2-5-17-12-20-18(10-3-4-11-18)14-21(17)13-15-6-8-16(19)9-7-15/h6-9,17,20H,2-5,10-14H2,1H3. The van der Waals surface area contributed by atoms with Crippen LogP contribution in [0.5, 0.6) is 0 Å². The largest absolute Gasteiger partial charge is 0.308 e. The quantitative estimate of drug-likeness (QED) is 0.766. The molecule has 116 valence electrons. The van der Waals surface area contributed by atoms with Gasteiger partial charge in [0.2, 0.25) is 0 Å². The lowest BCUT2D eigenvalue weighted by atomic mass is 9.91. The summed E-state index contributed by atoms with van der Waals surface area (Å²) in [6, 6.07) is 9.78. The Balaban J connectivity index is 1.72. The van der Waals surface area contributed by atoms with E-state index in [1.807, 2.05) is 0 Å². The molecule has 0 amide bonds. The van der Waals surface area contributed by atoms with Crippen LogP contribution in [0.15, 0.2) is 24.3 Å². The molecule has 1 saturated carbocycles. The van der Waals surface area contributed by atoms with Crippen molar-refractivity contribution < 1.29 is 0 Å². The van der Waals surface area contributed by atoms with E-state index in [1.165, 1.54) is 60.7 Å². The van der Waals surface area contributed by atoms with Crippen LogP contribution in [0.4, 0.5) is 0 Å². The first kappa shape index (κ1) is 15.8. The van der Waals surface area contributed by atoms with Crippen molar-refractivity contribution in [3.05, 3.63) is 33.4 Å². The number of benzene rings is 1. The molecule has 2 fully saturated rings. The number of nitrogens with one attached hydrogen (secondary N) is 1. The van der Waals surface area contributed by atoms with Crippen LogP contribution < -0.4 is 5.32 Å². The Labute approximate surface area is 142 Å². The summed E-state index contributed by atoms with van der Waals surface area (Å²) >= 11 is 2.39. The Morgan fingerprint density at radius 2 is 1.95 bits per heavy atom. The molecule has 1 aliphatic heterocycles. The molecular formula is C18H27IN2. The van der Waals surface area contributed by atoms with Crippen molar-refractivity contribution in [2.24, 2.45) is 0 Å². The first-order valence-corrected chi connectivity index (χ1v) is 9.52. The number of hydrogen-bond donors (Lipinski definition) is 1. The van der Waals surface area contributed by atoms with E-state index < -0.39 is 0 Å². The van der Waals surface area contributed by atoms with Crippen LogP contribution in [-0.4, -0.2) is 29.6 Å². The summed E-state index contributed by atoms with van der Waals surface area (Å²) in [5, 5.41) is 3.91. The third kappa shape index (κ3) is 3.80. The fraction of sp³-hybridized carbons (Fsp3) is 0.667. The Morgan fingerprint density at radius 3 is 2.62 bits per heavy atom. The van der Waals surface area contributed by atoms with Crippen molar-refractivity contribution in [1.29, 1.82) is 0 Å². The van der Waals surface area contributed by atoms with Crippen LogP contribution in [0.25, 0.3) is 0 Å². The molecule has 1 saturated heterocycles. The molecule has 3 rings (SSSR count). The summed E-state index contributed by atoms with van der Waals surface area (Å²) in [5.74, 6) is 0. The lowest BCUT2D eigenvalue weighted by Crippen LogP contribution is -2.62. The van der Waals surface area contributed by atoms with E-state index in [-0.39, 0.29) is 0 Å². The number of piperazine rings is 1. The predicted molar refractivity (Wildman–Crippen MR) is 97.5 cm³/mol. The summed E-state index contributed by atoms with van der Waals surface area (Å²) in [6.07, 6.45) is 8.14. The molecule has 1 aliphatic carbocycles. The van der Waals surface area contributed by atoms with Crippen LogP contribution in [0.2, 0.25) is 0 Å². The van der Waals surface area contributed by atoms with Gasteiger partial charge < -0.3 is 5.32 Å². The molecule has 1 atom stereocenters. The molecule has 1 heterocycles. The van der Waals surface area contributed by atoms with Gasteiger partial charge >= 0.3 is 0 Å². The molecule has 0 bridgehead atoms. The minimum atomic E-state index is 0.424. The molecule has 0 radical (unpaired) electrons. The van der Waals surface area contributed by atoms with Crippen molar-refractivity contribution in [3.63, 3.8) is 0 Å². The molecule has 1 unspecified atom stereocenters. The van der Waals surface area contributed by atoms with Gasteiger partial charge in [-0.05, 0) is 59.5 Å². The van der Waals surface area contributed by atoms with Gasteiger partial charge in [-0.25, -0.2) is 0 Å². The van der Waals surface area contributed by atoms with Crippen LogP contribution in [0, 0.1) is 3.57 Å². The van der Waals surface area contributed by atoms with Crippen molar-refractivity contribution in [2.45, 2.75) is 63.6 Å². The fourth-order valence-electron chi connectivity index (χ4n) is 4.05. The second-order valence-corrected chi connectivity index (χ2v) is 8.09. The fourth-order valence-corrected chi connectivity index (χ4v) is 4.41. The van der Waals surface area contributed by atoms with E-state index in [0.717, 1.165) is 6.54 Å². The monoisotopic (exact) mass is 398 g/mol. The zero-order valence-corrected chi connectivity index (χ0v) is 15.2. The lowest BCUT2D eigenvalue weighted by Gasteiger charge is -2.46. The molecule has 3 heteroatoms. The Hall–Kier alpha value is -0.130. The third-order valence-corrected chi connectivity index (χ3v) is 5.94. The predicted octanol–water partition coefficient (Wildman–Crippen LogP) is 4.18. The Morgan fingerprint density at radius 1 is 1.24 bits per heavy atom. The molecule has 1 spiro atoms. The highest BCUT2D eigenvalue weighted by Crippen LogP contribution is 2.34. The highest BCUT2D eigenvalue weighted by atomic mass is 127. The van der Waals surface area contributed by atoms with Gasteiger partial charge in [0.1, 0.15) is 0 Å². The second-order valence-electron chi connectivity index (χ2n) is 6.84. The van der Waals surface area contributed by atoms with E-state index in [1.54, 1.807) is 0 Å². The summed E-state index contributed by atoms with van der Waals surface area (Å²) in [4.78, 5) is 2.76. The van der Waals surface area contributed by atoms with Crippen LogP contribution >= 0.6 is 22.6 Å². The summed E-state index contributed by atoms with van der Waals surface area (Å²) in [5.41, 5.74) is 1.89. The van der Waals surface area contributed by atoms with E-state index in [0.29, 0.717) is 11.6 Å². The Bertz CT molecular complexity index is 451. The van der Waals surface area contributed by atoms with Gasteiger partial charge in [-0.3, -0.25) is 4.90 Å². The maximum Gasteiger partial charge on any atom is 0.0309 e. The first-order valence-electron chi connectivity index (χ1n) is 8.44. The van der Waals surface area contributed by atoms with E-state index >= 15 is 0 Å². The highest BCUT2D eigenvalue weighted by Gasteiger charge is 2.40. The van der Waals surface area contributed by atoms with Gasteiger partial charge in [0, 0.05) is 34.8 Å². The molecule has 2 nitrogen and oxygen atoms in total. The van der Waals surface area contributed by atoms with Gasteiger partial charge in [0.05, 0.1) is 0 Å². The molecule has 1 N–H and O–H groups in total. The maximum absolute atomic E-state index is 3.91. The van der Waals surface area contributed by atoms with Gasteiger partial charge in [-0.15, -0.1) is 0 Å². The summed E-state index contributed by atoms with van der Waals surface area (Å²) in [6.45, 7) is 5.84. The average molecular weight is 398 g/mol.